The van der Waals surface area contributed by atoms with Gasteiger partial charge in [-0.05, 0) is 119 Å². The quantitative estimate of drug-likeness (QED) is 0.487. The van der Waals surface area contributed by atoms with Crippen LogP contribution in [0.25, 0.3) is 0 Å². The molecule has 1 aliphatic heterocycles. The Morgan fingerprint density at radius 3 is 2.32 bits per heavy atom. The van der Waals surface area contributed by atoms with Gasteiger partial charge in [0, 0.05) is 5.92 Å². The minimum Gasteiger partial charge on any atom is -0.393 e. The molecule has 2 N–H and O–H groups in total. The van der Waals surface area contributed by atoms with E-state index >= 15 is 0 Å². The largest absolute Gasteiger partial charge is 0.393 e. The zero-order valence-corrected chi connectivity index (χ0v) is 23.0. The van der Waals surface area contributed by atoms with Gasteiger partial charge in [-0.3, -0.25) is 0 Å². The summed E-state index contributed by atoms with van der Waals surface area (Å²) in [5.41, 5.74) is 0.0157. The number of hydrogen-bond acceptors (Lipinski definition) is 4. The summed E-state index contributed by atoms with van der Waals surface area (Å²) < 4.78 is 12.7. The summed E-state index contributed by atoms with van der Waals surface area (Å²) in [6.07, 6.45) is 11.7. The highest BCUT2D eigenvalue weighted by atomic mass is 16.8. The van der Waals surface area contributed by atoms with Crippen molar-refractivity contribution in [3.8, 4) is 0 Å². The van der Waals surface area contributed by atoms with Crippen molar-refractivity contribution < 1.29 is 19.7 Å². The number of rotatable bonds is 5. The fourth-order valence-electron chi connectivity index (χ4n) is 10.4. The lowest BCUT2D eigenvalue weighted by molar-refractivity contribution is -0.203. The molecule has 4 heteroatoms. The Bertz CT molecular complexity index is 757. The van der Waals surface area contributed by atoms with Crippen LogP contribution in [0.1, 0.15) is 113 Å². The lowest BCUT2D eigenvalue weighted by Crippen LogP contribution is -2.62. The van der Waals surface area contributed by atoms with E-state index < -0.39 is 11.4 Å². The second-order valence-electron chi connectivity index (χ2n) is 14.8. The van der Waals surface area contributed by atoms with Gasteiger partial charge in [-0.1, -0.05) is 33.6 Å². The molecule has 1 heterocycles. The lowest BCUT2D eigenvalue weighted by Gasteiger charge is -2.63. The van der Waals surface area contributed by atoms with Crippen LogP contribution in [0.4, 0.5) is 0 Å². The first-order chi connectivity index (χ1) is 15.8. The molecule has 5 aliphatic rings. The molecule has 4 saturated carbocycles. The van der Waals surface area contributed by atoms with Crippen molar-refractivity contribution in [3.05, 3.63) is 0 Å². The van der Waals surface area contributed by atoms with Crippen LogP contribution in [-0.4, -0.2) is 39.9 Å². The highest BCUT2D eigenvalue weighted by Crippen LogP contribution is 2.69. The Morgan fingerprint density at radius 1 is 0.941 bits per heavy atom. The second-order valence-corrected chi connectivity index (χ2v) is 14.8. The van der Waals surface area contributed by atoms with E-state index in [0.29, 0.717) is 23.2 Å². The Labute approximate surface area is 208 Å². The van der Waals surface area contributed by atoms with E-state index in [0.717, 1.165) is 43.9 Å². The normalized spacial score (nSPS) is 50.7. The summed E-state index contributed by atoms with van der Waals surface area (Å²) in [6, 6.07) is 0. The highest BCUT2D eigenvalue weighted by Gasteiger charge is 2.66. The van der Waals surface area contributed by atoms with Crippen LogP contribution in [0.15, 0.2) is 0 Å². The average molecular weight is 477 g/mol. The van der Waals surface area contributed by atoms with E-state index in [1.165, 1.54) is 32.1 Å². The zero-order valence-electron chi connectivity index (χ0n) is 23.0. The van der Waals surface area contributed by atoms with E-state index in [1.807, 2.05) is 27.7 Å². The van der Waals surface area contributed by atoms with Crippen molar-refractivity contribution in [2.45, 2.75) is 142 Å². The molecule has 5 rings (SSSR count). The van der Waals surface area contributed by atoms with E-state index in [4.69, 9.17) is 9.47 Å². The van der Waals surface area contributed by atoms with Crippen LogP contribution in [0.5, 0.6) is 0 Å². The molecule has 34 heavy (non-hydrogen) atoms. The first-order valence-corrected chi connectivity index (χ1v) is 14.5. The molecule has 1 unspecified atom stereocenters. The third-order valence-corrected chi connectivity index (χ3v) is 11.7. The molecular weight excluding hydrogens is 424 g/mol. The summed E-state index contributed by atoms with van der Waals surface area (Å²) >= 11 is 0. The van der Waals surface area contributed by atoms with Gasteiger partial charge in [0.05, 0.1) is 23.9 Å². The van der Waals surface area contributed by atoms with Crippen LogP contribution >= 0.6 is 0 Å². The molecule has 0 bridgehead atoms. The van der Waals surface area contributed by atoms with Gasteiger partial charge in [-0.15, -0.1) is 0 Å². The molecule has 0 aromatic heterocycles. The number of ether oxygens (including phenoxy) is 2. The summed E-state index contributed by atoms with van der Waals surface area (Å²) in [5.74, 6) is 3.28. The monoisotopic (exact) mass is 476 g/mol. The van der Waals surface area contributed by atoms with Crippen LogP contribution < -0.4 is 0 Å². The van der Waals surface area contributed by atoms with Crippen molar-refractivity contribution in [1.29, 1.82) is 0 Å². The molecule has 0 aromatic rings. The van der Waals surface area contributed by atoms with Crippen molar-refractivity contribution >= 4 is 0 Å². The minimum absolute atomic E-state index is 0.0464. The number of fused-ring (bicyclic) bond motifs is 7. The average Bonchev–Trinajstić information content (AvgIpc) is 3.21. The smallest absolute Gasteiger partial charge is 0.163 e. The highest BCUT2D eigenvalue weighted by molar-refractivity contribution is 5.14. The molecule has 4 aliphatic carbocycles. The molecule has 5 fully saturated rings. The maximum absolute atomic E-state index is 11.6. The lowest BCUT2D eigenvalue weighted by atomic mass is 9.43. The molecular formula is C30H52O4. The molecule has 196 valence electrons. The van der Waals surface area contributed by atoms with Crippen LogP contribution in [-0.2, 0) is 9.47 Å². The second kappa shape index (κ2) is 8.43. The molecule has 0 radical (unpaired) electrons. The van der Waals surface area contributed by atoms with Gasteiger partial charge in [-0.25, -0.2) is 0 Å². The van der Waals surface area contributed by atoms with Gasteiger partial charge in [0.25, 0.3) is 0 Å². The van der Waals surface area contributed by atoms with Crippen molar-refractivity contribution in [1.82, 2.24) is 0 Å². The molecule has 1 saturated heterocycles. The number of hydrogen-bond donors (Lipinski definition) is 2. The van der Waals surface area contributed by atoms with Crippen molar-refractivity contribution in [2.24, 2.45) is 46.3 Å². The Balaban J connectivity index is 1.33. The molecule has 4 nitrogen and oxygen atoms in total. The van der Waals surface area contributed by atoms with Gasteiger partial charge in [0.2, 0.25) is 0 Å². The molecule has 0 aromatic carbocycles. The third-order valence-electron chi connectivity index (χ3n) is 11.7. The third kappa shape index (κ3) is 4.11. The van der Waals surface area contributed by atoms with Gasteiger partial charge >= 0.3 is 0 Å². The zero-order chi connectivity index (χ0) is 24.7. The predicted octanol–water partition coefficient (Wildman–Crippen LogP) is 6.32. The number of aliphatic hydroxyl groups is 2. The summed E-state index contributed by atoms with van der Waals surface area (Å²) in [6.45, 7) is 15.5. The molecule has 11 atom stereocenters. The Hall–Kier alpha value is -0.160. The maximum atomic E-state index is 11.6. The van der Waals surface area contributed by atoms with Gasteiger partial charge in [-0.2, -0.15) is 0 Å². The summed E-state index contributed by atoms with van der Waals surface area (Å²) in [5, 5.41) is 21.8. The Morgan fingerprint density at radius 2 is 1.62 bits per heavy atom. The molecule has 0 amide bonds. The minimum atomic E-state index is -0.549. The Kier molecular flexibility index (Phi) is 6.32. The van der Waals surface area contributed by atoms with Gasteiger partial charge in [0.1, 0.15) is 0 Å². The van der Waals surface area contributed by atoms with E-state index in [2.05, 4.69) is 20.8 Å². The van der Waals surface area contributed by atoms with Crippen LogP contribution in [0.2, 0.25) is 0 Å². The molecule has 0 spiro atoms. The standard InChI is InChI=1S/C30H52O4/c1-18(9-8-14-27(2,3)32)20-10-11-21-19-17-23(31)25-26-24(33-28(4,5)34-26)13-16-30(25,7)22(19)12-15-29(20,21)6/h18-26,31-32H,8-17H2,1-7H3/t18-,19+,20-,21+,22+,23?,24+,25+,26+,29-,30-/m1/s1. The van der Waals surface area contributed by atoms with Crippen LogP contribution in [0.3, 0.4) is 0 Å². The van der Waals surface area contributed by atoms with Gasteiger partial charge in [0.15, 0.2) is 5.79 Å². The van der Waals surface area contributed by atoms with E-state index in [-0.39, 0.29) is 29.6 Å². The first-order valence-electron chi connectivity index (χ1n) is 14.5. The predicted molar refractivity (Wildman–Crippen MR) is 135 cm³/mol. The summed E-state index contributed by atoms with van der Waals surface area (Å²) in [4.78, 5) is 0. The fourth-order valence-corrected chi connectivity index (χ4v) is 10.4. The SMILES string of the molecule is C[C@H](CCCC(C)(C)O)[C@H]1CC[C@H]2[C@@H]3CC(O)[C@H]4[C@H]5OC(C)(C)O[C@H]5CC[C@]4(C)[C@H]3CC[C@]12C. The van der Waals surface area contributed by atoms with Crippen LogP contribution in [0, 0.1) is 46.3 Å². The first kappa shape index (κ1) is 25.5. The van der Waals surface area contributed by atoms with E-state index in [9.17, 15) is 10.2 Å². The maximum Gasteiger partial charge on any atom is 0.163 e. The summed E-state index contributed by atoms with van der Waals surface area (Å²) in [7, 11) is 0. The van der Waals surface area contributed by atoms with Crippen molar-refractivity contribution in [2.75, 3.05) is 0 Å². The van der Waals surface area contributed by atoms with Gasteiger partial charge < -0.3 is 19.7 Å². The van der Waals surface area contributed by atoms with E-state index in [1.54, 1.807) is 0 Å². The fraction of sp³-hybridized carbons (Fsp3) is 1.00. The van der Waals surface area contributed by atoms with Crippen molar-refractivity contribution in [3.63, 3.8) is 0 Å². The topological polar surface area (TPSA) is 58.9 Å². The number of aliphatic hydroxyl groups excluding tert-OH is 1.